The molecular formula is C21H21N. The van der Waals surface area contributed by atoms with Crippen molar-refractivity contribution >= 4 is 10.9 Å². The number of hydrogen-bond acceptors (Lipinski definition) is 0. The summed E-state index contributed by atoms with van der Waals surface area (Å²) in [5.74, 6) is 6.80. The highest BCUT2D eigenvalue weighted by Crippen LogP contribution is 2.34. The molecule has 0 aliphatic rings. The van der Waals surface area contributed by atoms with Crippen molar-refractivity contribution in [3.05, 3.63) is 71.4 Å². The minimum Gasteiger partial charge on any atom is -0.348 e. The molecule has 3 rings (SSSR count). The van der Waals surface area contributed by atoms with Gasteiger partial charge in [0.1, 0.15) is 0 Å². The van der Waals surface area contributed by atoms with Crippen LogP contribution in [0.4, 0.5) is 0 Å². The molecule has 1 nitrogen and oxygen atoms in total. The van der Waals surface area contributed by atoms with Crippen LogP contribution in [0.5, 0.6) is 0 Å². The summed E-state index contributed by atoms with van der Waals surface area (Å²) in [7, 11) is 2.13. The van der Waals surface area contributed by atoms with Crippen molar-refractivity contribution in [3.63, 3.8) is 0 Å². The second-order valence-electron chi connectivity index (χ2n) is 6.28. The molecule has 2 aromatic carbocycles. The Balaban J connectivity index is 2.14. The molecular weight excluding hydrogens is 266 g/mol. The molecule has 22 heavy (non-hydrogen) atoms. The fourth-order valence-corrected chi connectivity index (χ4v) is 3.12. The number of benzene rings is 2. The first-order chi connectivity index (χ1) is 10.5. The predicted octanol–water partition coefficient (Wildman–Crippen LogP) is 4.82. The van der Waals surface area contributed by atoms with Gasteiger partial charge in [0.25, 0.3) is 0 Å². The molecule has 0 aliphatic heterocycles. The van der Waals surface area contributed by atoms with Crippen LogP contribution in [0, 0.1) is 18.8 Å². The highest BCUT2D eigenvalue weighted by Gasteiger charge is 2.25. The van der Waals surface area contributed by atoms with Crippen LogP contribution in [-0.4, -0.2) is 4.57 Å². The van der Waals surface area contributed by atoms with E-state index in [0.717, 1.165) is 5.56 Å². The SMILES string of the molecule is Cc1c(C(C)(C)C#Cc2ccccc2)c2ccccc2n1C. The largest absolute Gasteiger partial charge is 0.348 e. The number of fused-ring (bicyclic) bond motifs is 1. The first-order valence-corrected chi connectivity index (χ1v) is 7.63. The first-order valence-electron chi connectivity index (χ1n) is 7.63. The summed E-state index contributed by atoms with van der Waals surface area (Å²) in [4.78, 5) is 0. The van der Waals surface area contributed by atoms with E-state index in [1.165, 1.54) is 22.2 Å². The summed E-state index contributed by atoms with van der Waals surface area (Å²) < 4.78 is 2.26. The first kappa shape index (κ1) is 14.5. The van der Waals surface area contributed by atoms with Gasteiger partial charge in [-0.1, -0.05) is 48.2 Å². The van der Waals surface area contributed by atoms with Crippen LogP contribution in [0.25, 0.3) is 10.9 Å². The van der Waals surface area contributed by atoms with Crippen molar-refractivity contribution in [2.45, 2.75) is 26.2 Å². The Labute approximate surface area is 132 Å². The zero-order chi connectivity index (χ0) is 15.7. The van der Waals surface area contributed by atoms with E-state index < -0.39 is 0 Å². The number of nitrogens with zero attached hydrogens (tertiary/aromatic N) is 1. The summed E-state index contributed by atoms with van der Waals surface area (Å²) in [6, 6.07) is 18.7. The minimum absolute atomic E-state index is 0.194. The van der Waals surface area contributed by atoms with Gasteiger partial charge in [-0.05, 0) is 44.5 Å². The second kappa shape index (κ2) is 5.39. The van der Waals surface area contributed by atoms with Gasteiger partial charge in [-0.25, -0.2) is 0 Å². The lowest BCUT2D eigenvalue weighted by Gasteiger charge is -2.19. The van der Waals surface area contributed by atoms with Crippen LogP contribution >= 0.6 is 0 Å². The Hall–Kier alpha value is -2.46. The predicted molar refractivity (Wildman–Crippen MR) is 94.0 cm³/mol. The van der Waals surface area contributed by atoms with Crippen LogP contribution in [0.2, 0.25) is 0 Å². The molecule has 3 aromatic rings. The molecule has 110 valence electrons. The van der Waals surface area contributed by atoms with Crippen molar-refractivity contribution in [1.29, 1.82) is 0 Å². The van der Waals surface area contributed by atoms with Crippen LogP contribution in [-0.2, 0) is 12.5 Å². The average molecular weight is 287 g/mol. The van der Waals surface area contributed by atoms with Crippen LogP contribution in [0.15, 0.2) is 54.6 Å². The topological polar surface area (TPSA) is 4.93 Å². The summed E-state index contributed by atoms with van der Waals surface area (Å²) in [6.07, 6.45) is 0. The number of hydrogen-bond donors (Lipinski definition) is 0. The monoisotopic (exact) mass is 287 g/mol. The van der Waals surface area contributed by atoms with E-state index in [2.05, 4.69) is 80.6 Å². The molecule has 0 spiro atoms. The van der Waals surface area contributed by atoms with Crippen molar-refractivity contribution in [2.75, 3.05) is 0 Å². The van der Waals surface area contributed by atoms with Gasteiger partial charge in [0, 0.05) is 29.2 Å². The normalized spacial score (nSPS) is 11.3. The summed E-state index contributed by atoms with van der Waals surface area (Å²) in [5, 5.41) is 1.30. The van der Waals surface area contributed by atoms with E-state index in [-0.39, 0.29) is 5.41 Å². The van der Waals surface area contributed by atoms with Crippen molar-refractivity contribution in [3.8, 4) is 11.8 Å². The van der Waals surface area contributed by atoms with Crippen LogP contribution < -0.4 is 0 Å². The molecule has 0 saturated carbocycles. The molecule has 0 fully saturated rings. The Morgan fingerprint density at radius 1 is 0.909 bits per heavy atom. The fraction of sp³-hybridized carbons (Fsp3) is 0.238. The molecule has 0 radical (unpaired) electrons. The van der Waals surface area contributed by atoms with E-state index >= 15 is 0 Å². The highest BCUT2D eigenvalue weighted by molar-refractivity contribution is 5.87. The average Bonchev–Trinajstić information content (AvgIpc) is 2.79. The van der Waals surface area contributed by atoms with Gasteiger partial charge in [-0.15, -0.1) is 0 Å². The Morgan fingerprint density at radius 3 is 2.27 bits per heavy atom. The third kappa shape index (κ3) is 2.42. The Morgan fingerprint density at radius 2 is 1.55 bits per heavy atom. The van der Waals surface area contributed by atoms with Gasteiger partial charge in [0.2, 0.25) is 0 Å². The van der Waals surface area contributed by atoms with Crippen molar-refractivity contribution in [2.24, 2.45) is 7.05 Å². The molecule has 1 aromatic heterocycles. The standard InChI is InChI=1S/C21H21N/c1-16-20(18-12-8-9-13-19(18)22(16)4)21(2,3)15-14-17-10-6-5-7-11-17/h5-13H,1-4H3. The van der Waals surface area contributed by atoms with Gasteiger partial charge in [0.15, 0.2) is 0 Å². The van der Waals surface area contributed by atoms with E-state index in [4.69, 9.17) is 0 Å². The molecule has 0 bridgehead atoms. The van der Waals surface area contributed by atoms with E-state index in [9.17, 15) is 0 Å². The van der Waals surface area contributed by atoms with E-state index in [1.807, 2.05) is 18.2 Å². The second-order valence-corrected chi connectivity index (χ2v) is 6.28. The molecule has 0 unspecified atom stereocenters. The molecule has 0 saturated heterocycles. The van der Waals surface area contributed by atoms with E-state index in [0.29, 0.717) is 0 Å². The lowest BCUT2D eigenvalue weighted by atomic mass is 9.83. The van der Waals surface area contributed by atoms with Crippen LogP contribution in [0.3, 0.4) is 0 Å². The highest BCUT2D eigenvalue weighted by atomic mass is 14.9. The molecule has 1 heterocycles. The molecule has 0 aliphatic carbocycles. The number of aromatic nitrogens is 1. The third-order valence-electron chi connectivity index (χ3n) is 4.32. The molecule has 0 atom stereocenters. The lowest BCUT2D eigenvalue weighted by molar-refractivity contribution is 0.690. The molecule has 0 amide bonds. The number of rotatable bonds is 1. The van der Waals surface area contributed by atoms with Gasteiger partial charge in [0.05, 0.1) is 5.41 Å². The minimum atomic E-state index is -0.194. The molecule has 1 heteroatoms. The maximum absolute atomic E-state index is 3.47. The quantitative estimate of drug-likeness (QED) is 0.566. The van der Waals surface area contributed by atoms with Gasteiger partial charge in [-0.3, -0.25) is 0 Å². The van der Waals surface area contributed by atoms with Crippen LogP contribution in [0.1, 0.15) is 30.7 Å². The fourth-order valence-electron chi connectivity index (χ4n) is 3.12. The third-order valence-corrected chi connectivity index (χ3v) is 4.32. The maximum atomic E-state index is 3.47. The Bertz CT molecular complexity index is 871. The smallest absolute Gasteiger partial charge is 0.0534 e. The van der Waals surface area contributed by atoms with E-state index in [1.54, 1.807) is 0 Å². The number of para-hydroxylation sites is 1. The summed E-state index contributed by atoms with van der Waals surface area (Å²) in [5.41, 5.74) is 4.75. The Kier molecular flexibility index (Phi) is 3.54. The zero-order valence-corrected chi connectivity index (χ0v) is 13.6. The number of aryl methyl sites for hydroxylation is 1. The molecule has 0 N–H and O–H groups in total. The van der Waals surface area contributed by atoms with Crippen molar-refractivity contribution < 1.29 is 0 Å². The maximum Gasteiger partial charge on any atom is 0.0534 e. The zero-order valence-electron chi connectivity index (χ0n) is 13.6. The van der Waals surface area contributed by atoms with Gasteiger partial charge in [-0.2, -0.15) is 0 Å². The lowest BCUT2D eigenvalue weighted by Crippen LogP contribution is -2.15. The summed E-state index contributed by atoms with van der Waals surface area (Å²) in [6.45, 7) is 6.59. The summed E-state index contributed by atoms with van der Waals surface area (Å²) >= 11 is 0. The van der Waals surface area contributed by atoms with Gasteiger partial charge >= 0.3 is 0 Å². The van der Waals surface area contributed by atoms with Crippen molar-refractivity contribution in [1.82, 2.24) is 4.57 Å². The van der Waals surface area contributed by atoms with Gasteiger partial charge < -0.3 is 4.57 Å².